The second-order valence-electron chi connectivity index (χ2n) is 6.22. The summed E-state index contributed by atoms with van der Waals surface area (Å²) in [6.07, 6.45) is 2.85. The van der Waals surface area contributed by atoms with Crippen LogP contribution in [0.1, 0.15) is 29.4 Å². The van der Waals surface area contributed by atoms with Gasteiger partial charge in [0.15, 0.2) is 0 Å². The fraction of sp³-hybridized carbons (Fsp3) is 0.190. The molecular formula is C21H21N3O2. The number of nitrogens with zero attached hydrogens (tertiary/aromatic N) is 3. The van der Waals surface area contributed by atoms with E-state index in [9.17, 15) is 10.1 Å². The zero-order valence-electron chi connectivity index (χ0n) is 15.1. The van der Waals surface area contributed by atoms with Crippen LogP contribution < -0.4 is 0 Å². The molecule has 1 heterocycles. The Morgan fingerprint density at radius 2 is 1.85 bits per heavy atom. The van der Waals surface area contributed by atoms with Crippen LogP contribution in [0, 0.1) is 24.0 Å². The molecule has 3 rings (SSSR count). The Bertz CT molecular complexity index is 969. The van der Waals surface area contributed by atoms with Gasteiger partial charge in [0, 0.05) is 35.3 Å². The van der Waals surface area contributed by atoms with Gasteiger partial charge in [0.25, 0.3) is 5.69 Å². The number of benzene rings is 2. The first-order valence-electron chi connectivity index (χ1n) is 8.56. The molecule has 0 amide bonds. The minimum Gasteiger partial charge on any atom is -0.318 e. The molecule has 0 spiro atoms. The van der Waals surface area contributed by atoms with Gasteiger partial charge in [-0.1, -0.05) is 25.1 Å². The van der Waals surface area contributed by atoms with Crippen LogP contribution in [0.15, 0.2) is 59.6 Å². The molecule has 5 nitrogen and oxygen atoms in total. The van der Waals surface area contributed by atoms with Gasteiger partial charge in [0.1, 0.15) is 0 Å². The van der Waals surface area contributed by atoms with Gasteiger partial charge in [-0.2, -0.15) is 0 Å². The Morgan fingerprint density at radius 3 is 2.50 bits per heavy atom. The van der Waals surface area contributed by atoms with Crippen LogP contribution in [0.3, 0.4) is 0 Å². The third-order valence-electron chi connectivity index (χ3n) is 4.47. The van der Waals surface area contributed by atoms with E-state index in [-0.39, 0.29) is 10.6 Å². The van der Waals surface area contributed by atoms with Crippen molar-refractivity contribution in [2.75, 3.05) is 0 Å². The van der Waals surface area contributed by atoms with Crippen molar-refractivity contribution in [3.63, 3.8) is 0 Å². The van der Waals surface area contributed by atoms with E-state index in [4.69, 9.17) is 0 Å². The minimum atomic E-state index is -0.375. The van der Waals surface area contributed by atoms with Crippen LogP contribution >= 0.6 is 0 Å². The summed E-state index contributed by atoms with van der Waals surface area (Å²) in [6, 6.07) is 16.9. The van der Waals surface area contributed by atoms with Gasteiger partial charge in [-0.25, -0.2) is 0 Å². The topological polar surface area (TPSA) is 60.4 Å². The van der Waals surface area contributed by atoms with Gasteiger partial charge in [0.05, 0.1) is 16.3 Å². The summed E-state index contributed by atoms with van der Waals surface area (Å²) in [6.45, 7) is 6.10. The van der Waals surface area contributed by atoms with Crippen LogP contribution in [0.25, 0.3) is 5.69 Å². The smallest absolute Gasteiger partial charge is 0.271 e. The van der Waals surface area contributed by atoms with E-state index in [1.807, 2.05) is 48.9 Å². The number of aryl methyl sites for hydroxylation is 2. The van der Waals surface area contributed by atoms with Crippen molar-refractivity contribution >= 4 is 17.6 Å². The average molecular weight is 347 g/mol. The summed E-state index contributed by atoms with van der Waals surface area (Å²) < 4.78 is 2.01. The first-order chi connectivity index (χ1) is 12.5. The number of rotatable bonds is 5. The lowest BCUT2D eigenvalue weighted by Gasteiger charge is -2.09. The van der Waals surface area contributed by atoms with Crippen molar-refractivity contribution in [1.82, 2.24) is 4.57 Å². The summed E-state index contributed by atoms with van der Waals surface area (Å²) in [7, 11) is 0. The van der Waals surface area contributed by atoms with Crippen LogP contribution in [0.4, 0.5) is 11.4 Å². The molecule has 0 aliphatic rings. The number of hydrogen-bond acceptors (Lipinski definition) is 3. The third-order valence-corrected chi connectivity index (χ3v) is 4.47. The van der Waals surface area contributed by atoms with Gasteiger partial charge < -0.3 is 4.57 Å². The number of non-ortho nitro benzene ring substituents is 1. The molecule has 0 atom stereocenters. The normalized spacial score (nSPS) is 11.2. The number of hydrogen-bond donors (Lipinski definition) is 0. The predicted octanol–water partition coefficient (Wildman–Crippen LogP) is 5.32. The van der Waals surface area contributed by atoms with E-state index in [2.05, 4.69) is 24.0 Å². The van der Waals surface area contributed by atoms with Crippen LogP contribution in [-0.4, -0.2) is 15.7 Å². The third kappa shape index (κ3) is 3.57. The summed E-state index contributed by atoms with van der Waals surface area (Å²) in [5.41, 5.74) is 6.05. The lowest BCUT2D eigenvalue weighted by atomic mass is 10.1. The van der Waals surface area contributed by atoms with Gasteiger partial charge in [-0.05, 0) is 50.1 Å². The number of nitro groups is 1. The zero-order valence-corrected chi connectivity index (χ0v) is 15.1. The molecule has 0 saturated carbocycles. The van der Waals surface area contributed by atoms with E-state index < -0.39 is 0 Å². The highest BCUT2D eigenvalue weighted by atomic mass is 16.6. The van der Waals surface area contributed by atoms with Gasteiger partial charge in [-0.3, -0.25) is 15.1 Å². The molecular weight excluding hydrogens is 326 g/mol. The fourth-order valence-electron chi connectivity index (χ4n) is 3.02. The van der Waals surface area contributed by atoms with Crippen molar-refractivity contribution in [3.05, 3.63) is 87.2 Å². The molecule has 0 fully saturated rings. The molecule has 2 aromatic carbocycles. The maximum absolute atomic E-state index is 11.0. The fourth-order valence-corrected chi connectivity index (χ4v) is 3.02. The molecule has 0 unspecified atom stereocenters. The Morgan fingerprint density at radius 1 is 1.12 bits per heavy atom. The van der Waals surface area contributed by atoms with Crippen molar-refractivity contribution in [3.8, 4) is 5.69 Å². The van der Waals surface area contributed by atoms with Crippen molar-refractivity contribution in [2.45, 2.75) is 27.2 Å². The highest BCUT2D eigenvalue weighted by molar-refractivity contribution is 5.84. The molecule has 0 aliphatic carbocycles. The lowest BCUT2D eigenvalue weighted by Crippen LogP contribution is -2.00. The highest BCUT2D eigenvalue weighted by Crippen LogP contribution is 2.23. The Labute approximate surface area is 152 Å². The lowest BCUT2D eigenvalue weighted by molar-refractivity contribution is -0.384. The molecule has 0 bridgehead atoms. The standard InChI is InChI=1S/C21H21N3O2/c1-4-17-8-10-19(11-9-17)22-14-18-12-15(2)23(16(18)3)20-6-5-7-21(13-20)24(25)26/h5-14H,4H2,1-3H3. The molecule has 3 aromatic rings. The second kappa shape index (κ2) is 7.35. The van der Waals surface area contributed by atoms with E-state index in [1.54, 1.807) is 12.1 Å². The first-order valence-corrected chi connectivity index (χ1v) is 8.56. The molecule has 5 heteroatoms. The van der Waals surface area contributed by atoms with E-state index in [0.717, 1.165) is 34.7 Å². The van der Waals surface area contributed by atoms with E-state index in [0.29, 0.717) is 0 Å². The monoisotopic (exact) mass is 347 g/mol. The van der Waals surface area contributed by atoms with Crippen molar-refractivity contribution < 1.29 is 4.92 Å². The van der Waals surface area contributed by atoms with Crippen LogP contribution in [0.5, 0.6) is 0 Å². The molecule has 0 radical (unpaired) electrons. The Kier molecular flexibility index (Phi) is 4.98. The maximum Gasteiger partial charge on any atom is 0.271 e. The largest absolute Gasteiger partial charge is 0.318 e. The van der Waals surface area contributed by atoms with Crippen molar-refractivity contribution in [2.24, 2.45) is 4.99 Å². The minimum absolute atomic E-state index is 0.0845. The van der Waals surface area contributed by atoms with Gasteiger partial charge in [-0.15, -0.1) is 0 Å². The SMILES string of the molecule is CCc1ccc(N=Cc2cc(C)n(-c3cccc([N+](=O)[O-])c3)c2C)cc1. The molecule has 132 valence electrons. The van der Waals surface area contributed by atoms with Gasteiger partial charge >= 0.3 is 0 Å². The average Bonchev–Trinajstić information content (AvgIpc) is 2.94. The van der Waals surface area contributed by atoms with Gasteiger partial charge in [0.2, 0.25) is 0 Å². The summed E-state index contributed by atoms with van der Waals surface area (Å²) in [4.78, 5) is 15.2. The van der Waals surface area contributed by atoms with E-state index in [1.165, 1.54) is 11.6 Å². The molecule has 1 aromatic heterocycles. The molecule has 0 N–H and O–H groups in total. The highest BCUT2D eigenvalue weighted by Gasteiger charge is 2.12. The second-order valence-corrected chi connectivity index (χ2v) is 6.22. The number of nitro benzene ring substituents is 1. The quantitative estimate of drug-likeness (QED) is 0.356. The Hall–Kier alpha value is -3.21. The molecule has 0 aliphatic heterocycles. The zero-order chi connectivity index (χ0) is 18.7. The number of aromatic nitrogens is 1. The summed E-state index contributed by atoms with van der Waals surface area (Å²) >= 11 is 0. The summed E-state index contributed by atoms with van der Waals surface area (Å²) in [5.74, 6) is 0. The van der Waals surface area contributed by atoms with Crippen LogP contribution in [-0.2, 0) is 6.42 Å². The Balaban J connectivity index is 1.93. The maximum atomic E-state index is 11.0. The molecule has 0 saturated heterocycles. The number of aliphatic imine (C=N–C) groups is 1. The van der Waals surface area contributed by atoms with Crippen molar-refractivity contribution in [1.29, 1.82) is 0 Å². The first kappa shape index (κ1) is 17.6. The van der Waals surface area contributed by atoms with Crippen LogP contribution in [0.2, 0.25) is 0 Å². The molecule has 26 heavy (non-hydrogen) atoms. The van der Waals surface area contributed by atoms with E-state index >= 15 is 0 Å². The predicted molar refractivity (Wildman–Crippen MR) is 105 cm³/mol. The summed E-state index contributed by atoms with van der Waals surface area (Å²) in [5, 5.41) is 11.0.